The predicted octanol–water partition coefficient (Wildman–Crippen LogP) is 12.3. The SMILES string of the molecule is c1ccc(-c2cc(-c3cc(-c4cncnc4)cc(-c4cc(C5CCCCC5)cc(C5CCCCC5)c4)c3)cc(-c3ccccc3)n2)cc1. The molecule has 0 spiro atoms. The summed E-state index contributed by atoms with van der Waals surface area (Å²) >= 11 is 0. The average molecular weight is 626 g/mol. The molecule has 0 atom stereocenters. The quantitative estimate of drug-likeness (QED) is 0.177. The van der Waals surface area contributed by atoms with Crippen LogP contribution in [0.5, 0.6) is 0 Å². The summed E-state index contributed by atoms with van der Waals surface area (Å²) in [6, 6.07) is 40.2. The number of aromatic nitrogens is 3. The first kappa shape index (κ1) is 30.4. The Bertz CT molecular complexity index is 1880. The van der Waals surface area contributed by atoms with Crippen LogP contribution in [0.4, 0.5) is 0 Å². The molecule has 2 fully saturated rings. The van der Waals surface area contributed by atoms with Gasteiger partial charge in [0.25, 0.3) is 0 Å². The zero-order valence-electron chi connectivity index (χ0n) is 27.7. The van der Waals surface area contributed by atoms with Crippen molar-refractivity contribution in [1.82, 2.24) is 15.0 Å². The average Bonchev–Trinajstić information content (AvgIpc) is 3.19. The van der Waals surface area contributed by atoms with Crippen LogP contribution in [0.25, 0.3) is 55.9 Å². The molecule has 0 unspecified atom stereocenters. The van der Waals surface area contributed by atoms with E-state index in [-0.39, 0.29) is 0 Å². The molecule has 0 amide bonds. The van der Waals surface area contributed by atoms with Gasteiger partial charge in [-0.3, -0.25) is 0 Å². The highest BCUT2D eigenvalue weighted by molar-refractivity contribution is 5.84. The number of pyridine rings is 1. The normalized spacial score (nSPS) is 15.8. The summed E-state index contributed by atoms with van der Waals surface area (Å²) in [6.45, 7) is 0. The third-order valence-electron chi connectivity index (χ3n) is 10.6. The lowest BCUT2D eigenvalue weighted by Crippen LogP contribution is -2.08. The Morgan fingerprint density at radius 2 is 0.792 bits per heavy atom. The number of benzene rings is 4. The molecule has 0 saturated heterocycles. The number of rotatable bonds is 7. The molecule has 238 valence electrons. The van der Waals surface area contributed by atoms with Crippen LogP contribution in [0.15, 0.2) is 128 Å². The molecule has 2 aliphatic rings. The number of hydrogen-bond donors (Lipinski definition) is 0. The molecule has 2 aliphatic carbocycles. The summed E-state index contributed by atoms with van der Waals surface area (Å²) in [7, 11) is 0. The van der Waals surface area contributed by atoms with Gasteiger partial charge in [0, 0.05) is 29.1 Å². The van der Waals surface area contributed by atoms with Crippen molar-refractivity contribution in [3.63, 3.8) is 0 Å². The van der Waals surface area contributed by atoms with E-state index in [1.165, 1.54) is 80.9 Å². The van der Waals surface area contributed by atoms with Crippen molar-refractivity contribution in [2.75, 3.05) is 0 Å². The van der Waals surface area contributed by atoms with Gasteiger partial charge in [-0.15, -0.1) is 0 Å². The maximum Gasteiger partial charge on any atom is 0.115 e. The van der Waals surface area contributed by atoms with Gasteiger partial charge in [0.1, 0.15) is 6.33 Å². The first-order valence-electron chi connectivity index (χ1n) is 18.0. The minimum absolute atomic E-state index is 0.660. The van der Waals surface area contributed by atoms with E-state index in [0.717, 1.165) is 39.2 Å². The molecule has 0 N–H and O–H groups in total. The summed E-state index contributed by atoms with van der Waals surface area (Å²) in [5.41, 5.74) is 14.3. The van der Waals surface area contributed by atoms with Gasteiger partial charge in [-0.1, -0.05) is 117 Å². The standard InChI is InChI=1S/C45H43N3/c1-5-13-32(14-6-1)36-21-37(33-15-7-2-8-16-33)23-38(22-36)39-24-40(26-41(25-39)43-29-46-31-47-30-43)42-27-44(34-17-9-3-10-18-34)48-45(28-42)35-19-11-4-12-20-35/h3-4,9-12,17-33H,1-2,5-8,13-16H2. The van der Waals surface area contributed by atoms with Crippen LogP contribution in [0.1, 0.15) is 87.2 Å². The number of hydrogen-bond acceptors (Lipinski definition) is 3. The van der Waals surface area contributed by atoms with Crippen LogP contribution in [0, 0.1) is 0 Å². The third-order valence-corrected chi connectivity index (χ3v) is 10.6. The van der Waals surface area contributed by atoms with Crippen molar-refractivity contribution in [2.45, 2.75) is 76.0 Å². The largest absolute Gasteiger partial charge is 0.248 e. The van der Waals surface area contributed by atoms with Crippen LogP contribution in [0.3, 0.4) is 0 Å². The van der Waals surface area contributed by atoms with Gasteiger partial charge in [-0.2, -0.15) is 0 Å². The van der Waals surface area contributed by atoms with Gasteiger partial charge < -0.3 is 0 Å². The van der Waals surface area contributed by atoms with Gasteiger partial charge in [-0.05, 0) is 107 Å². The minimum Gasteiger partial charge on any atom is -0.248 e. The van der Waals surface area contributed by atoms with Crippen LogP contribution in [0.2, 0.25) is 0 Å². The second kappa shape index (κ2) is 14.1. The van der Waals surface area contributed by atoms with Crippen molar-refractivity contribution < 1.29 is 0 Å². The van der Waals surface area contributed by atoms with Gasteiger partial charge >= 0.3 is 0 Å². The summed E-state index contributed by atoms with van der Waals surface area (Å²) in [5, 5.41) is 0. The van der Waals surface area contributed by atoms with Gasteiger partial charge in [0.05, 0.1) is 11.4 Å². The molecule has 48 heavy (non-hydrogen) atoms. The zero-order chi connectivity index (χ0) is 32.1. The lowest BCUT2D eigenvalue weighted by atomic mass is 9.78. The molecular formula is C45H43N3. The molecule has 2 saturated carbocycles. The Hall–Kier alpha value is -4.89. The van der Waals surface area contributed by atoms with E-state index in [0.29, 0.717) is 11.8 Å². The van der Waals surface area contributed by atoms with Gasteiger partial charge in [0.2, 0.25) is 0 Å². The van der Waals surface area contributed by atoms with E-state index >= 15 is 0 Å². The Labute approximate surface area is 285 Å². The second-order valence-electron chi connectivity index (χ2n) is 13.8. The molecule has 2 heterocycles. The van der Waals surface area contributed by atoms with Gasteiger partial charge in [-0.25, -0.2) is 15.0 Å². The fraction of sp³-hybridized carbons (Fsp3) is 0.267. The monoisotopic (exact) mass is 625 g/mol. The molecule has 3 heteroatoms. The first-order chi connectivity index (χ1) is 23.8. The second-order valence-corrected chi connectivity index (χ2v) is 13.8. The zero-order valence-corrected chi connectivity index (χ0v) is 27.7. The lowest BCUT2D eigenvalue weighted by Gasteiger charge is -2.27. The summed E-state index contributed by atoms with van der Waals surface area (Å²) in [6.07, 6.45) is 18.8. The van der Waals surface area contributed by atoms with Crippen LogP contribution in [-0.4, -0.2) is 15.0 Å². The van der Waals surface area contributed by atoms with Gasteiger partial charge in [0.15, 0.2) is 0 Å². The summed E-state index contributed by atoms with van der Waals surface area (Å²) < 4.78 is 0. The smallest absolute Gasteiger partial charge is 0.115 e. The van der Waals surface area contributed by atoms with Crippen molar-refractivity contribution in [1.29, 1.82) is 0 Å². The molecule has 0 aliphatic heterocycles. The highest BCUT2D eigenvalue weighted by Gasteiger charge is 2.22. The third kappa shape index (κ3) is 6.73. The molecule has 3 nitrogen and oxygen atoms in total. The summed E-state index contributed by atoms with van der Waals surface area (Å²) in [4.78, 5) is 14.0. The molecule has 8 rings (SSSR count). The van der Waals surface area contributed by atoms with Crippen molar-refractivity contribution in [3.8, 4) is 55.9 Å². The van der Waals surface area contributed by atoms with Crippen LogP contribution >= 0.6 is 0 Å². The Kier molecular flexibility index (Phi) is 8.93. The first-order valence-corrected chi connectivity index (χ1v) is 18.0. The molecule has 6 aromatic rings. The fourth-order valence-corrected chi connectivity index (χ4v) is 7.97. The number of nitrogens with zero attached hydrogens (tertiary/aromatic N) is 3. The highest BCUT2D eigenvalue weighted by atomic mass is 14.8. The van der Waals surface area contributed by atoms with E-state index in [4.69, 9.17) is 4.98 Å². The molecule has 0 bridgehead atoms. The maximum atomic E-state index is 5.17. The predicted molar refractivity (Wildman–Crippen MR) is 199 cm³/mol. The highest BCUT2D eigenvalue weighted by Crippen LogP contribution is 2.42. The van der Waals surface area contributed by atoms with E-state index < -0.39 is 0 Å². The van der Waals surface area contributed by atoms with E-state index in [9.17, 15) is 0 Å². The van der Waals surface area contributed by atoms with E-state index in [1.54, 1.807) is 17.5 Å². The van der Waals surface area contributed by atoms with E-state index in [2.05, 4.69) is 119 Å². The Morgan fingerprint density at radius 1 is 0.375 bits per heavy atom. The Morgan fingerprint density at radius 3 is 1.27 bits per heavy atom. The van der Waals surface area contributed by atoms with Crippen LogP contribution < -0.4 is 0 Å². The molecule has 4 aromatic carbocycles. The Balaban J connectivity index is 1.31. The minimum atomic E-state index is 0.660. The van der Waals surface area contributed by atoms with Crippen molar-refractivity contribution in [3.05, 3.63) is 139 Å². The topological polar surface area (TPSA) is 38.7 Å². The molecule has 0 radical (unpaired) electrons. The van der Waals surface area contributed by atoms with Crippen molar-refractivity contribution in [2.24, 2.45) is 0 Å². The van der Waals surface area contributed by atoms with Crippen LogP contribution in [-0.2, 0) is 0 Å². The van der Waals surface area contributed by atoms with E-state index in [1.807, 2.05) is 12.4 Å². The molecule has 2 aromatic heterocycles. The summed E-state index contributed by atoms with van der Waals surface area (Å²) in [5.74, 6) is 1.32. The van der Waals surface area contributed by atoms with Crippen molar-refractivity contribution >= 4 is 0 Å². The fourth-order valence-electron chi connectivity index (χ4n) is 7.97. The lowest BCUT2D eigenvalue weighted by molar-refractivity contribution is 0.435. The molecular weight excluding hydrogens is 583 g/mol. The maximum absolute atomic E-state index is 5.17.